The summed E-state index contributed by atoms with van der Waals surface area (Å²) < 4.78 is 0. The normalized spacial score (nSPS) is 9.87. The maximum atomic E-state index is 5.45. The average Bonchev–Trinajstić information content (AvgIpc) is 2.28. The molecule has 3 N–H and O–H groups in total. The Hall–Kier alpha value is -2.17. The number of hydrogen-bond acceptors (Lipinski definition) is 5. The number of nitrogens with two attached hydrogens (primary N) is 1. The zero-order valence-corrected chi connectivity index (χ0v) is 8.09. The van der Waals surface area contributed by atoms with Crippen LogP contribution < -0.4 is 11.1 Å². The zero-order chi connectivity index (χ0) is 10.5. The van der Waals surface area contributed by atoms with Crippen LogP contribution in [0, 0.1) is 0 Å². The highest BCUT2D eigenvalue weighted by Gasteiger charge is 1.96. The number of aromatic nitrogens is 3. The van der Waals surface area contributed by atoms with E-state index < -0.39 is 0 Å². The van der Waals surface area contributed by atoms with Crippen LogP contribution in [0.1, 0.15) is 5.69 Å². The summed E-state index contributed by atoms with van der Waals surface area (Å²) in [4.78, 5) is 12.0. The first kappa shape index (κ1) is 9.39. The maximum absolute atomic E-state index is 5.45. The van der Waals surface area contributed by atoms with Crippen molar-refractivity contribution in [3.05, 3.63) is 42.4 Å². The first-order valence-corrected chi connectivity index (χ1v) is 4.57. The van der Waals surface area contributed by atoms with Crippen molar-refractivity contribution in [1.29, 1.82) is 0 Å². The first-order chi connectivity index (χ1) is 7.34. The molecule has 2 rings (SSSR count). The Kier molecular flexibility index (Phi) is 2.73. The molecule has 5 nitrogen and oxygen atoms in total. The van der Waals surface area contributed by atoms with Crippen molar-refractivity contribution in [2.24, 2.45) is 0 Å². The van der Waals surface area contributed by atoms with E-state index in [1.165, 1.54) is 0 Å². The summed E-state index contributed by atoms with van der Waals surface area (Å²) in [5, 5.41) is 3.11. The minimum Gasteiger partial charge on any atom is -0.368 e. The molecule has 0 spiro atoms. The molecular formula is C10H11N5. The van der Waals surface area contributed by atoms with Crippen LogP contribution in [0.25, 0.3) is 0 Å². The molecule has 0 fully saturated rings. The molecule has 0 bridgehead atoms. The van der Waals surface area contributed by atoms with Gasteiger partial charge in [0.1, 0.15) is 5.82 Å². The lowest BCUT2D eigenvalue weighted by Gasteiger charge is -2.04. The van der Waals surface area contributed by atoms with E-state index in [0.29, 0.717) is 12.4 Å². The van der Waals surface area contributed by atoms with E-state index in [9.17, 15) is 0 Å². The molecule has 0 atom stereocenters. The highest BCUT2D eigenvalue weighted by Crippen LogP contribution is 2.04. The molecule has 0 radical (unpaired) electrons. The summed E-state index contributed by atoms with van der Waals surface area (Å²) >= 11 is 0. The molecule has 0 amide bonds. The third kappa shape index (κ3) is 2.63. The molecule has 0 unspecified atom stereocenters. The van der Waals surface area contributed by atoms with Crippen LogP contribution in [0.5, 0.6) is 0 Å². The van der Waals surface area contributed by atoms with Crippen LogP contribution >= 0.6 is 0 Å². The molecule has 2 aromatic rings. The Morgan fingerprint density at radius 1 is 1.13 bits per heavy atom. The maximum Gasteiger partial charge on any atom is 0.221 e. The van der Waals surface area contributed by atoms with Crippen molar-refractivity contribution in [3.63, 3.8) is 0 Å². The molecule has 15 heavy (non-hydrogen) atoms. The van der Waals surface area contributed by atoms with Gasteiger partial charge in [0.25, 0.3) is 0 Å². The van der Waals surface area contributed by atoms with E-state index in [2.05, 4.69) is 20.3 Å². The van der Waals surface area contributed by atoms with Gasteiger partial charge < -0.3 is 11.1 Å². The van der Waals surface area contributed by atoms with Gasteiger partial charge in [-0.3, -0.25) is 4.98 Å². The number of pyridine rings is 1. The van der Waals surface area contributed by atoms with E-state index >= 15 is 0 Å². The summed E-state index contributed by atoms with van der Waals surface area (Å²) in [5.74, 6) is 0.967. The fourth-order valence-electron chi connectivity index (χ4n) is 1.16. The second-order valence-corrected chi connectivity index (χ2v) is 2.97. The third-order valence-electron chi connectivity index (χ3n) is 1.85. The predicted octanol–water partition coefficient (Wildman–Crippen LogP) is 1.07. The van der Waals surface area contributed by atoms with Crippen molar-refractivity contribution in [2.45, 2.75) is 6.54 Å². The van der Waals surface area contributed by atoms with Crippen LogP contribution in [0.2, 0.25) is 0 Å². The molecule has 0 saturated heterocycles. The highest BCUT2D eigenvalue weighted by atomic mass is 15.1. The van der Waals surface area contributed by atoms with Crippen LogP contribution in [-0.4, -0.2) is 15.0 Å². The summed E-state index contributed by atoms with van der Waals surface area (Å²) in [6.45, 7) is 0.622. The van der Waals surface area contributed by atoms with Crippen LogP contribution in [0.3, 0.4) is 0 Å². The molecule has 76 valence electrons. The number of hydrogen-bond donors (Lipinski definition) is 2. The standard InChI is InChI=1S/C10H11N5/c11-10-13-6-4-9(15-10)14-7-8-3-1-2-5-12-8/h1-6H,7H2,(H3,11,13,14,15). The van der Waals surface area contributed by atoms with Gasteiger partial charge >= 0.3 is 0 Å². The number of nitrogens with zero attached hydrogens (tertiary/aromatic N) is 3. The van der Waals surface area contributed by atoms with Crippen molar-refractivity contribution in [2.75, 3.05) is 11.1 Å². The summed E-state index contributed by atoms with van der Waals surface area (Å²) in [6, 6.07) is 7.53. The van der Waals surface area contributed by atoms with E-state index in [1.807, 2.05) is 18.2 Å². The van der Waals surface area contributed by atoms with Gasteiger partial charge in [0.15, 0.2) is 0 Å². The average molecular weight is 201 g/mol. The van der Waals surface area contributed by atoms with Gasteiger partial charge in [0.05, 0.1) is 12.2 Å². The lowest BCUT2D eigenvalue weighted by molar-refractivity contribution is 1.02. The quantitative estimate of drug-likeness (QED) is 0.776. The fraction of sp³-hybridized carbons (Fsp3) is 0.100. The smallest absolute Gasteiger partial charge is 0.221 e. The Balaban J connectivity index is 1.99. The van der Waals surface area contributed by atoms with Gasteiger partial charge in [-0.1, -0.05) is 6.07 Å². The van der Waals surface area contributed by atoms with Crippen LogP contribution in [0.15, 0.2) is 36.7 Å². The molecule has 5 heteroatoms. The summed E-state index contributed by atoms with van der Waals surface area (Å²) in [6.07, 6.45) is 3.37. The summed E-state index contributed by atoms with van der Waals surface area (Å²) in [5.41, 5.74) is 6.40. The zero-order valence-electron chi connectivity index (χ0n) is 8.09. The number of nitrogens with one attached hydrogen (secondary N) is 1. The predicted molar refractivity (Wildman–Crippen MR) is 58.0 cm³/mol. The van der Waals surface area contributed by atoms with E-state index in [0.717, 1.165) is 5.69 Å². The molecule has 0 aliphatic carbocycles. The minimum atomic E-state index is 0.265. The second-order valence-electron chi connectivity index (χ2n) is 2.97. The molecule has 0 saturated carbocycles. The fourth-order valence-corrected chi connectivity index (χ4v) is 1.16. The second kappa shape index (κ2) is 4.36. The van der Waals surface area contributed by atoms with Crippen molar-refractivity contribution in [1.82, 2.24) is 15.0 Å². The van der Waals surface area contributed by atoms with Gasteiger partial charge in [-0.15, -0.1) is 0 Å². The van der Waals surface area contributed by atoms with Crippen molar-refractivity contribution < 1.29 is 0 Å². The summed E-state index contributed by atoms with van der Waals surface area (Å²) in [7, 11) is 0. The molecule has 0 aromatic carbocycles. The van der Waals surface area contributed by atoms with Crippen LogP contribution in [0.4, 0.5) is 11.8 Å². The molecule has 0 aliphatic heterocycles. The Morgan fingerprint density at radius 2 is 2.07 bits per heavy atom. The lowest BCUT2D eigenvalue weighted by Crippen LogP contribution is -2.04. The van der Waals surface area contributed by atoms with E-state index in [1.54, 1.807) is 18.5 Å². The third-order valence-corrected chi connectivity index (χ3v) is 1.85. The van der Waals surface area contributed by atoms with E-state index in [-0.39, 0.29) is 5.95 Å². The number of nitrogen functional groups attached to an aromatic ring is 1. The first-order valence-electron chi connectivity index (χ1n) is 4.57. The Labute approximate surface area is 87.4 Å². The molecule has 0 aliphatic rings. The highest BCUT2D eigenvalue weighted by molar-refractivity contribution is 5.37. The van der Waals surface area contributed by atoms with Gasteiger partial charge in [-0.05, 0) is 18.2 Å². The van der Waals surface area contributed by atoms with Gasteiger partial charge in [-0.2, -0.15) is 4.98 Å². The Bertz CT molecular complexity index is 429. The van der Waals surface area contributed by atoms with Crippen LogP contribution in [-0.2, 0) is 6.54 Å². The van der Waals surface area contributed by atoms with Crippen molar-refractivity contribution >= 4 is 11.8 Å². The SMILES string of the molecule is Nc1nccc(NCc2ccccn2)n1. The molecule has 2 heterocycles. The Morgan fingerprint density at radius 3 is 2.80 bits per heavy atom. The monoisotopic (exact) mass is 201 g/mol. The lowest BCUT2D eigenvalue weighted by atomic mass is 10.3. The largest absolute Gasteiger partial charge is 0.368 e. The van der Waals surface area contributed by atoms with E-state index in [4.69, 9.17) is 5.73 Å². The molecule has 2 aromatic heterocycles. The topological polar surface area (TPSA) is 76.7 Å². The number of rotatable bonds is 3. The minimum absolute atomic E-state index is 0.265. The van der Waals surface area contributed by atoms with Gasteiger partial charge in [0.2, 0.25) is 5.95 Å². The van der Waals surface area contributed by atoms with Gasteiger partial charge in [-0.25, -0.2) is 4.98 Å². The number of anilines is 2. The molecular weight excluding hydrogens is 190 g/mol. The van der Waals surface area contributed by atoms with Gasteiger partial charge in [0, 0.05) is 12.4 Å². The van der Waals surface area contributed by atoms with Crippen molar-refractivity contribution in [3.8, 4) is 0 Å².